The summed E-state index contributed by atoms with van der Waals surface area (Å²) in [6.45, 7) is 5.95. The lowest BCUT2D eigenvalue weighted by Gasteiger charge is -2.30. The molecule has 1 aliphatic heterocycles. The molecule has 16 heavy (non-hydrogen) atoms. The summed E-state index contributed by atoms with van der Waals surface area (Å²) >= 11 is 0. The van der Waals surface area contributed by atoms with E-state index >= 15 is 0 Å². The van der Waals surface area contributed by atoms with Crippen molar-refractivity contribution in [3.8, 4) is 0 Å². The minimum Gasteiger partial charge on any atom is -0.338 e. The van der Waals surface area contributed by atoms with Crippen LogP contribution in [-0.4, -0.2) is 17.4 Å². The van der Waals surface area contributed by atoms with Crippen molar-refractivity contribution in [1.29, 1.82) is 0 Å². The molecule has 1 amide bonds. The predicted octanol–water partition coefficient (Wildman–Crippen LogP) is 2.75. The third-order valence-electron chi connectivity index (χ3n) is 3.39. The van der Waals surface area contributed by atoms with E-state index in [0.29, 0.717) is 18.2 Å². The Morgan fingerprint density at radius 3 is 2.81 bits per heavy atom. The van der Waals surface area contributed by atoms with E-state index in [9.17, 15) is 4.79 Å². The molecule has 1 heterocycles. The standard InChI is InChI=1S/C14H19NO/c1-11-7-8-15(14(16)9-11)10-13-6-4-3-5-12(13)2/h3-6,11H,7-10H2,1-2H3. The van der Waals surface area contributed by atoms with E-state index in [4.69, 9.17) is 0 Å². The van der Waals surface area contributed by atoms with Gasteiger partial charge in [-0.1, -0.05) is 31.2 Å². The van der Waals surface area contributed by atoms with Crippen LogP contribution in [0.2, 0.25) is 0 Å². The van der Waals surface area contributed by atoms with Gasteiger partial charge in [0.05, 0.1) is 0 Å². The van der Waals surface area contributed by atoms with Crippen molar-refractivity contribution in [3.05, 3.63) is 35.4 Å². The Hall–Kier alpha value is -1.31. The molecular weight excluding hydrogens is 198 g/mol. The molecule has 0 radical (unpaired) electrons. The van der Waals surface area contributed by atoms with Gasteiger partial charge in [0, 0.05) is 19.5 Å². The molecule has 0 bridgehead atoms. The molecule has 0 aliphatic carbocycles. The molecule has 2 nitrogen and oxygen atoms in total. The van der Waals surface area contributed by atoms with Crippen LogP contribution in [0.4, 0.5) is 0 Å². The number of aryl methyl sites for hydroxylation is 1. The SMILES string of the molecule is Cc1ccccc1CN1CCC(C)CC1=O. The molecule has 0 spiro atoms. The average molecular weight is 217 g/mol. The first-order valence-corrected chi connectivity index (χ1v) is 5.99. The maximum Gasteiger partial charge on any atom is 0.223 e. The van der Waals surface area contributed by atoms with Gasteiger partial charge in [-0.15, -0.1) is 0 Å². The van der Waals surface area contributed by atoms with Crippen molar-refractivity contribution in [2.45, 2.75) is 33.2 Å². The minimum atomic E-state index is 0.307. The quantitative estimate of drug-likeness (QED) is 0.746. The van der Waals surface area contributed by atoms with Gasteiger partial charge in [-0.2, -0.15) is 0 Å². The number of hydrogen-bond donors (Lipinski definition) is 0. The largest absolute Gasteiger partial charge is 0.338 e. The van der Waals surface area contributed by atoms with Gasteiger partial charge < -0.3 is 4.90 Å². The zero-order chi connectivity index (χ0) is 11.5. The second-order valence-electron chi connectivity index (χ2n) is 4.84. The van der Waals surface area contributed by atoms with Crippen LogP contribution in [0.25, 0.3) is 0 Å². The molecular formula is C14H19NO. The monoisotopic (exact) mass is 217 g/mol. The van der Waals surface area contributed by atoms with Crippen LogP contribution < -0.4 is 0 Å². The maximum atomic E-state index is 11.8. The molecule has 1 aromatic carbocycles. The Kier molecular flexibility index (Phi) is 3.28. The summed E-state index contributed by atoms with van der Waals surface area (Å²) in [4.78, 5) is 13.8. The van der Waals surface area contributed by atoms with Gasteiger partial charge in [0.2, 0.25) is 5.91 Å². The van der Waals surface area contributed by atoms with Crippen LogP contribution in [0.3, 0.4) is 0 Å². The highest BCUT2D eigenvalue weighted by atomic mass is 16.2. The number of nitrogens with zero attached hydrogens (tertiary/aromatic N) is 1. The minimum absolute atomic E-state index is 0.307. The molecule has 1 aromatic rings. The van der Waals surface area contributed by atoms with Gasteiger partial charge in [0.25, 0.3) is 0 Å². The van der Waals surface area contributed by atoms with E-state index in [0.717, 1.165) is 19.5 Å². The summed E-state index contributed by atoms with van der Waals surface area (Å²) in [5.74, 6) is 0.864. The fourth-order valence-electron chi connectivity index (χ4n) is 2.19. The number of piperidine rings is 1. The van der Waals surface area contributed by atoms with Crippen molar-refractivity contribution in [1.82, 2.24) is 4.90 Å². The molecule has 1 atom stereocenters. The van der Waals surface area contributed by atoms with Crippen molar-refractivity contribution in [2.24, 2.45) is 5.92 Å². The zero-order valence-corrected chi connectivity index (χ0v) is 10.1. The molecule has 1 unspecified atom stereocenters. The summed E-state index contributed by atoms with van der Waals surface area (Å²) in [6.07, 6.45) is 1.85. The van der Waals surface area contributed by atoms with Crippen LogP contribution in [0.5, 0.6) is 0 Å². The molecule has 1 saturated heterocycles. The first-order valence-electron chi connectivity index (χ1n) is 5.99. The topological polar surface area (TPSA) is 20.3 Å². The summed E-state index contributed by atoms with van der Waals surface area (Å²) in [5, 5.41) is 0. The Bertz CT molecular complexity index is 386. The smallest absolute Gasteiger partial charge is 0.223 e. The third kappa shape index (κ3) is 2.43. The molecule has 0 saturated carbocycles. The summed E-state index contributed by atoms with van der Waals surface area (Å²) < 4.78 is 0. The molecule has 2 rings (SSSR count). The summed E-state index contributed by atoms with van der Waals surface area (Å²) in [6, 6.07) is 8.30. The van der Waals surface area contributed by atoms with E-state index in [2.05, 4.69) is 26.0 Å². The lowest BCUT2D eigenvalue weighted by atomic mass is 9.97. The lowest BCUT2D eigenvalue weighted by molar-refractivity contribution is -0.135. The molecule has 2 heteroatoms. The average Bonchev–Trinajstić information content (AvgIpc) is 2.25. The second kappa shape index (κ2) is 4.69. The molecule has 0 N–H and O–H groups in total. The second-order valence-corrected chi connectivity index (χ2v) is 4.84. The van der Waals surface area contributed by atoms with Crippen LogP contribution in [-0.2, 0) is 11.3 Å². The molecule has 0 aromatic heterocycles. The highest BCUT2D eigenvalue weighted by Crippen LogP contribution is 2.20. The molecule has 1 fully saturated rings. The number of benzene rings is 1. The van der Waals surface area contributed by atoms with Crippen LogP contribution in [0.15, 0.2) is 24.3 Å². The zero-order valence-electron chi connectivity index (χ0n) is 10.1. The van der Waals surface area contributed by atoms with Crippen LogP contribution in [0, 0.1) is 12.8 Å². The van der Waals surface area contributed by atoms with Gasteiger partial charge >= 0.3 is 0 Å². The number of carbonyl (C=O) groups is 1. The number of carbonyl (C=O) groups excluding carboxylic acids is 1. The predicted molar refractivity (Wildman–Crippen MR) is 65.0 cm³/mol. The van der Waals surface area contributed by atoms with Gasteiger partial charge in [0.15, 0.2) is 0 Å². The van der Waals surface area contributed by atoms with Gasteiger partial charge in [0.1, 0.15) is 0 Å². The van der Waals surface area contributed by atoms with Crippen LogP contribution in [0.1, 0.15) is 30.9 Å². The van der Waals surface area contributed by atoms with Crippen molar-refractivity contribution >= 4 is 5.91 Å². The first-order chi connectivity index (χ1) is 7.66. The lowest BCUT2D eigenvalue weighted by Crippen LogP contribution is -2.37. The Balaban J connectivity index is 2.05. The van der Waals surface area contributed by atoms with Crippen molar-refractivity contribution < 1.29 is 4.79 Å². The number of amides is 1. The van der Waals surface area contributed by atoms with Gasteiger partial charge in [-0.05, 0) is 30.4 Å². The molecule has 1 aliphatic rings. The normalized spacial score (nSPS) is 21.2. The third-order valence-corrected chi connectivity index (χ3v) is 3.39. The molecule has 86 valence electrons. The van der Waals surface area contributed by atoms with Gasteiger partial charge in [-0.25, -0.2) is 0 Å². The highest BCUT2D eigenvalue weighted by Gasteiger charge is 2.22. The van der Waals surface area contributed by atoms with E-state index in [1.165, 1.54) is 11.1 Å². The van der Waals surface area contributed by atoms with E-state index in [-0.39, 0.29) is 0 Å². The van der Waals surface area contributed by atoms with Crippen molar-refractivity contribution in [2.75, 3.05) is 6.54 Å². The van der Waals surface area contributed by atoms with Crippen LogP contribution >= 0.6 is 0 Å². The van der Waals surface area contributed by atoms with E-state index < -0.39 is 0 Å². The maximum absolute atomic E-state index is 11.8. The summed E-state index contributed by atoms with van der Waals surface area (Å²) in [7, 11) is 0. The summed E-state index contributed by atoms with van der Waals surface area (Å²) in [5.41, 5.74) is 2.54. The fraction of sp³-hybridized carbons (Fsp3) is 0.500. The number of rotatable bonds is 2. The van der Waals surface area contributed by atoms with E-state index in [1.807, 2.05) is 17.0 Å². The van der Waals surface area contributed by atoms with Crippen molar-refractivity contribution in [3.63, 3.8) is 0 Å². The Morgan fingerprint density at radius 2 is 2.12 bits per heavy atom. The fourth-order valence-corrected chi connectivity index (χ4v) is 2.19. The number of hydrogen-bond acceptors (Lipinski definition) is 1. The van der Waals surface area contributed by atoms with Gasteiger partial charge in [-0.3, -0.25) is 4.79 Å². The first kappa shape index (κ1) is 11.2. The Morgan fingerprint density at radius 1 is 1.38 bits per heavy atom. The van der Waals surface area contributed by atoms with E-state index in [1.54, 1.807) is 0 Å². The number of likely N-dealkylation sites (tertiary alicyclic amines) is 1. The highest BCUT2D eigenvalue weighted by molar-refractivity contribution is 5.77. The Labute approximate surface area is 97.3 Å².